The van der Waals surface area contributed by atoms with Gasteiger partial charge in [-0.05, 0) is 32.0 Å². The van der Waals surface area contributed by atoms with Gasteiger partial charge in [-0.15, -0.1) is 0 Å². The van der Waals surface area contributed by atoms with Gasteiger partial charge in [-0.25, -0.2) is 0 Å². The number of rotatable bonds is 3. The first-order valence-corrected chi connectivity index (χ1v) is 5.56. The van der Waals surface area contributed by atoms with Crippen molar-refractivity contribution in [2.75, 3.05) is 13.1 Å². The van der Waals surface area contributed by atoms with Gasteiger partial charge in [-0.2, -0.15) is 0 Å². The molecule has 2 rings (SSSR count). The van der Waals surface area contributed by atoms with E-state index < -0.39 is 5.97 Å². The largest absolute Gasteiger partial charge is 0.481 e. The third-order valence-corrected chi connectivity index (χ3v) is 3.23. The highest BCUT2D eigenvalue weighted by molar-refractivity contribution is 5.70. The normalized spacial score (nSPS) is 23.2. The fourth-order valence-electron chi connectivity index (χ4n) is 2.15. The number of carboxylic acid groups (broad SMARTS) is 1. The highest BCUT2D eigenvalue weighted by Crippen LogP contribution is 2.26. The van der Waals surface area contributed by atoms with E-state index in [0.29, 0.717) is 6.54 Å². The highest BCUT2D eigenvalue weighted by Gasteiger charge is 2.31. The lowest BCUT2D eigenvalue weighted by molar-refractivity contribution is -0.141. The summed E-state index contributed by atoms with van der Waals surface area (Å²) in [6, 6.07) is 6.04. The molecule has 4 heteroatoms. The van der Waals surface area contributed by atoms with Crippen LogP contribution in [0.3, 0.4) is 0 Å². The topological polar surface area (TPSA) is 53.4 Å². The van der Waals surface area contributed by atoms with Gasteiger partial charge in [0.05, 0.1) is 11.6 Å². The molecule has 2 atom stereocenters. The summed E-state index contributed by atoms with van der Waals surface area (Å²) in [7, 11) is 0. The Morgan fingerprint density at radius 1 is 1.62 bits per heavy atom. The molecular formula is C12H16N2O2. The molecule has 1 aliphatic heterocycles. The summed E-state index contributed by atoms with van der Waals surface area (Å²) in [5, 5.41) is 8.94. The maximum atomic E-state index is 10.9. The minimum absolute atomic E-state index is 0.200. The molecule has 86 valence electrons. The first-order valence-electron chi connectivity index (χ1n) is 5.56. The summed E-state index contributed by atoms with van der Waals surface area (Å²) in [5.41, 5.74) is 1.01. The van der Waals surface area contributed by atoms with Crippen molar-refractivity contribution in [1.82, 2.24) is 9.88 Å². The van der Waals surface area contributed by atoms with Gasteiger partial charge in [0.15, 0.2) is 0 Å². The second-order valence-corrected chi connectivity index (χ2v) is 4.25. The van der Waals surface area contributed by atoms with Gasteiger partial charge in [0.1, 0.15) is 0 Å². The van der Waals surface area contributed by atoms with E-state index in [4.69, 9.17) is 5.11 Å². The number of nitrogens with zero attached hydrogens (tertiary/aromatic N) is 2. The maximum absolute atomic E-state index is 10.9. The summed E-state index contributed by atoms with van der Waals surface area (Å²) in [6.45, 7) is 3.55. The van der Waals surface area contributed by atoms with Crippen LogP contribution in [-0.4, -0.2) is 34.0 Å². The lowest BCUT2D eigenvalue weighted by atomic mass is 10.1. The monoisotopic (exact) mass is 220 g/mol. The van der Waals surface area contributed by atoms with Crippen LogP contribution in [0.1, 0.15) is 25.1 Å². The Bertz CT molecular complexity index is 367. The summed E-state index contributed by atoms with van der Waals surface area (Å²) in [5.74, 6) is -0.901. The van der Waals surface area contributed by atoms with Crippen LogP contribution in [-0.2, 0) is 4.79 Å². The molecule has 0 aromatic carbocycles. The number of likely N-dealkylation sites (tertiary alicyclic amines) is 1. The molecule has 1 aliphatic rings. The Hall–Kier alpha value is -1.42. The quantitative estimate of drug-likeness (QED) is 0.839. The van der Waals surface area contributed by atoms with Gasteiger partial charge in [0.25, 0.3) is 0 Å². The van der Waals surface area contributed by atoms with Crippen LogP contribution in [0, 0.1) is 5.92 Å². The molecule has 2 heterocycles. The number of pyridine rings is 1. The minimum atomic E-state index is -0.685. The molecule has 0 radical (unpaired) electrons. The predicted octanol–water partition coefficient (Wildman–Crippen LogP) is 1.55. The Morgan fingerprint density at radius 3 is 3.00 bits per heavy atom. The van der Waals surface area contributed by atoms with Crippen molar-refractivity contribution in [1.29, 1.82) is 0 Å². The van der Waals surface area contributed by atoms with Gasteiger partial charge in [0, 0.05) is 18.8 Å². The van der Waals surface area contributed by atoms with E-state index >= 15 is 0 Å². The Morgan fingerprint density at radius 2 is 2.44 bits per heavy atom. The summed E-state index contributed by atoms with van der Waals surface area (Å²) in [6.07, 6.45) is 2.52. The molecule has 0 amide bonds. The average Bonchev–Trinajstić information content (AvgIpc) is 2.78. The number of aromatic nitrogens is 1. The van der Waals surface area contributed by atoms with E-state index in [-0.39, 0.29) is 12.0 Å². The number of hydrogen-bond acceptors (Lipinski definition) is 3. The third-order valence-electron chi connectivity index (χ3n) is 3.23. The van der Waals surface area contributed by atoms with Crippen LogP contribution in [0.5, 0.6) is 0 Å². The van der Waals surface area contributed by atoms with Gasteiger partial charge in [0.2, 0.25) is 0 Å². The van der Waals surface area contributed by atoms with Gasteiger partial charge in [-0.3, -0.25) is 14.7 Å². The molecule has 1 saturated heterocycles. The van der Waals surface area contributed by atoms with Crippen molar-refractivity contribution in [3.8, 4) is 0 Å². The van der Waals surface area contributed by atoms with Crippen LogP contribution in [0.25, 0.3) is 0 Å². The van der Waals surface area contributed by atoms with Crippen molar-refractivity contribution < 1.29 is 9.90 Å². The predicted molar refractivity (Wildman–Crippen MR) is 60.0 cm³/mol. The van der Waals surface area contributed by atoms with Crippen molar-refractivity contribution in [2.45, 2.75) is 19.4 Å². The van der Waals surface area contributed by atoms with E-state index in [0.717, 1.165) is 18.7 Å². The van der Waals surface area contributed by atoms with E-state index in [1.807, 2.05) is 18.2 Å². The van der Waals surface area contributed by atoms with Crippen molar-refractivity contribution in [3.05, 3.63) is 30.1 Å². The number of carbonyl (C=O) groups is 1. The van der Waals surface area contributed by atoms with Crippen LogP contribution >= 0.6 is 0 Å². The molecule has 0 saturated carbocycles. The summed E-state index contributed by atoms with van der Waals surface area (Å²) >= 11 is 0. The molecule has 1 fully saturated rings. The Kier molecular flexibility index (Phi) is 3.19. The molecule has 1 aromatic heterocycles. The van der Waals surface area contributed by atoms with E-state index in [1.165, 1.54) is 0 Å². The van der Waals surface area contributed by atoms with Crippen LogP contribution in [0.15, 0.2) is 24.4 Å². The van der Waals surface area contributed by atoms with E-state index in [1.54, 1.807) is 6.20 Å². The van der Waals surface area contributed by atoms with Crippen LogP contribution < -0.4 is 0 Å². The van der Waals surface area contributed by atoms with Gasteiger partial charge >= 0.3 is 5.97 Å². The van der Waals surface area contributed by atoms with Gasteiger partial charge < -0.3 is 5.11 Å². The first kappa shape index (κ1) is 11.1. The summed E-state index contributed by atoms with van der Waals surface area (Å²) in [4.78, 5) is 17.3. The molecule has 0 bridgehead atoms. The zero-order chi connectivity index (χ0) is 11.5. The molecule has 0 spiro atoms. The molecule has 1 N–H and O–H groups in total. The van der Waals surface area contributed by atoms with E-state index in [9.17, 15) is 4.79 Å². The Balaban J connectivity index is 2.02. The maximum Gasteiger partial charge on any atom is 0.307 e. The van der Waals surface area contributed by atoms with Crippen molar-refractivity contribution in [2.24, 2.45) is 5.92 Å². The average molecular weight is 220 g/mol. The third kappa shape index (κ3) is 2.22. The zero-order valence-corrected chi connectivity index (χ0v) is 9.34. The second-order valence-electron chi connectivity index (χ2n) is 4.25. The fraction of sp³-hybridized carbons (Fsp3) is 0.500. The van der Waals surface area contributed by atoms with Crippen LogP contribution in [0.4, 0.5) is 0 Å². The Labute approximate surface area is 94.9 Å². The lowest BCUT2D eigenvalue weighted by Crippen LogP contribution is -2.26. The molecule has 4 nitrogen and oxygen atoms in total. The molecule has 1 aromatic rings. The number of hydrogen-bond donors (Lipinski definition) is 1. The molecule has 2 unspecified atom stereocenters. The van der Waals surface area contributed by atoms with Crippen molar-refractivity contribution >= 4 is 5.97 Å². The second kappa shape index (κ2) is 4.61. The number of aliphatic carboxylic acids is 1. The first-order chi connectivity index (χ1) is 7.68. The van der Waals surface area contributed by atoms with E-state index in [2.05, 4.69) is 16.8 Å². The standard InChI is InChI=1S/C12H16N2O2/c1-9(11-4-2-3-6-13-11)14-7-5-10(8-14)12(15)16/h2-4,6,9-10H,5,7-8H2,1H3,(H,15,16). The van der Waals surface area contributed by atoms with Crippen LogP contribution in [0.2, 0.25) is 0 Å². The minimum Gasteiger partial charge on any atom is -0.481 e. The fourth-order valence-corrected chi connectivity index (χ4v) is 2.15. The number of carboxylic acids is 1. The highest BCUT2D eigenvalue weighted by atomic mass is 16.4. The zero-order valence-electron chi connectivity index (χ0n) is 9.34. The van der Waals surface area contributed by atoms with Gasteiger partial charge in [-0.1, -0.05) is 6.07 Å². The smallest absolute Gasteiger partial charge is 0.307 e. The molecule has 16 heavy (non-hydrogen) atoms. The summed E-state index contributed by atoms with van der Waals surface area (Å²) < 4.78 is 0. The molecular weight excluding hydrogens is 204 g/mol. The molecule has 0 aliphatic carbocycles. The van der Waals surface area contributed by atoms with Crippen molar-refractivity contribution in [3.63, 3.8) is 0 Å². The lowest BCUT2D eigenvalue weighted by Gasteiger charge is -2.23. The SMILES string of the molecule is CC(c1ccccn1)N1CCC(C(=O)O)C1.